The van der Waals surface area contributed by atoms with Gasteiger partial charge in [0, 0.05) is 43.7 Å². The summed E-state index contributed by atoms with van der Waals surface area (Å²) in [5.74, 6) is 1.61. The third kappa shape index (κ3) is 3.80. The normalized spacial score (nSPS) is 11.7. The molecule has 2 aromatic rings. The van der Waals surface area contributed by atoms with Crippen LogP contribution in [0.2, 0.25) is 0 Å². The lowest BCUT2D eigenvalue weighted by Gasteiger charge is -2.11. The molecule has 0 aromatic carbocycles. The Morgan fingerprint density at radius 3 is 2.85 bits per heavy atom. The van der Waals surface area contributed by atoms with Crippen LogP contribution in [0.3, 0.4) is 0 Å². The summed E-state index contributed by atoms with van der Waals surface area (Å²) in [4.78, 5) is 8.44. The van der Waals surface area contributed by atoms with Gasteiger partial charge < -0.3 is 15.2 Å². The highest BCUT2D eigenvalue weighted by Crippen LogP contribution is 2.11. The summed E-state index contributed by atoms with van der Waals surface area (Å²) in [6.07, 6.45) is 2.72. The highest BCUT2D eigenvalue weighted by atomic mass is 32.1. The molecule has 2 heterocycles. The van der Waals surface area contributed by atoms with Crippen molar-refractivity contribution >= 4 is 17.3 Å². The zero-order valence-electron chi connectivity index (χ0n) is 11.9. The van der Waals surface area contributed by atoms with Gasteiger partial charge in [-0.25, -0.2) is 4.98 Å². The first-order valence-electron chi connectivity index (χ1n) is 6.45. The summed E-state index contributed by atoms with van der Waals surface area (Å²) in [6.45, 7) is 5.30. The fraction of sp³-hybridized carbons (Fsp3) is 0.462. The van der Waals surface area contributed by atoms with Crippen molar-refractivity contribution in [3.05, 3.63) is 33.6 Å². The molecule has 0 unspecified atom stereocenters. The minimum atomic E-state index is 0.651. The van der Waals surface area contributed by atoms with Crippen LogP contribution in [0, 0.1) is 13.8 Å². The van der Waals surface area contributed by atoms with Crippen LogP contribution in [0.5, 0.6) is 0 Å². The minimum Gasteiger partial charge on any atom is -0.361 e. The predicted molar refractivity (Wildman–Crippen MR) is 80.0 cm³/mol. The molecule has 0 atom stereocenters. The van der Waals surface area contributed by atoms with Gasteiger partial charge >= 0.3 is 0 Å². The molecule has 0 saturated heterocycles. The zero-order valence-corrected chi connectivity index (χ0v) is 12.8. The molecule has 2 aromatic heterocycles. The second-order valence-corrected chi connectivity index (χ2v) is 5.31. The molecule has 0 bridgehead atoms. The van der Waals surface area contributed by atoms with Crippen molar-refractivity contribution in [2.45, 2.75) is 26.8 Å². The first kappa shape index (κ1) is 14.5. The van der Waals surface area contributed by atoms with Gasteiger partial charge in [0.2, 0.25) is 0 Å². The minimum absolute atomic E-state index is 0.651. The Labute approximate surface area is 122 Å². The first-order chi connectivity index (χ1) is 9.70. The van der Waals surface area contributed by atoms with E-state index in [1.165, 1.54) is 0 Å². The van der Waals surface area contributed by atoms with Crippen LogP contribution in [0.15, 0.2) is 21.1 Å². The van der Waals surface area contributed by atoms with Gasteiger partial charge in [-0.2, -0.15) is 0 Å². The number of aryl methyl sites for hydroxylation is 2. The standard InChI is InChI=1S/C13H19N5OS/c1-9-11(10(2)19-18-9)8-17-13(14-3)16-5-4-12-15-6-7-20-12/h6-7H,4-5,8H2,1-3H3,(H2,14,16,17). The topological polar surface area (TPSA) is 75.3 Å². The zero-order chi connectivity index (χ0) is 14.4. The van der Waals surface area contributed by atoms with Gasteiger partial charge in [0.15, 0.2) is 5.96 Å². The highest BCUT2D eigenvalue weighted by Gasteiger charge is 2.09. The van der Waals surface area contributed by atoms with E-state index in [-0.39, 0.29) is 0 Å². The molecule has 6 nitrogen and oxygen atoms in total. The molecule has 0 aliphatic carbocycles. The second kappa shape index (κ2) is 7.04. The third-order valence-corrected chi connectivity index (χ3v) is 3.79. The largest absolute Gasteiger partial charge is 0.361 e. The van der Waals surface area contributed by atoms with Crippen LogP contribution in [-0.2, 0) is 13.0 Å². The predicted octanol–water partition coefficient (Wildman–Crippen LogP) is 1.66. The summed E-state index contributed by atoms with van der Waals surface area (Å²) < 4.78 is 5.13. The van der Waals surface area contributed by atoms with Crippen LogP contribution in [0.4, 0.5) is 0 Å². The van der Waals surface area contributed by atoms with Gasteiger partial charge in [0.1, 0.15) is 5.76 Å². The molecule has 0 fully saturated rings. The fourth-order valence-corrected chi connectivity index (χ4v) is 2.43. The van der Waals surface area contributed by atoms with Gasteiger partial charge in [-0.1, -0.05) is 5.16 Å². The van der Waals surface area contributed by atoms with Crippen molar-refractivity contribution in [3.8, 4) is 0 Å². The van der Waals surface area contributed by atoms with Crippen LogP contribution in [0.1, 0.15) is 22.0 Å². The third-order valence-electron chi connectivity index (χ3n) is 2.95. The Morgan fingerprint density at radius 2 is 2.25 bits per heavy atom. The SMILES string of the molecule is CN=C(NCCc1nccs1)NCc1c(C)noc1C. The molecule has 2 rings (SSSR count). The molecule has 0 saturated carbocycles. The molecule has 0 aliphatic rings. The number of aromatic nitrogens is 2. The Kier molecular flexibility index (Phi) is 5.11. The fourth-order valence-electron chi connectivity index (χ4n) is 1.81. The highest BCUT2D eigenvalue weighted by molar-refractivity contribution is 7.09. The molecular weight excluding hydrogens is 274 g/mol. The summed E-state index contributed by atoms with van der Waals surface area (Å²) in [5, 5.41) is 13.6. The number of aliphatic imine (C=N–C) groups is 1. The lowest BCUT2D eigenvalue weighted by Crippen LogP contribution is -2.38. The van der Waals surface area contributed by atoms with E-state index in [0.29, 0.717) is 6.54 Å². The summed E-state index contributed by atoms with van der Waals surface area (Å²) >= 11 is 1.67. The molecule has 7 heteroatoms. The molecule has 0 amide bonds. The Morgan fingerprint density at radius 1 is 1.40 bits per heavy atom. The average molecular weight is 293 g/mol. The molecule has 108 valence electrons. The number of nitrogens with zero attached hydrogens (tertiary/aromatic N) is 3. The Hall–Kier alpha value is -1.89. The van der Waals surface area contributed by atoms with Gasteiger partial charge in [-0.05, 0) is 13.8 Å². The van der Waals surface area contributed by atoms with Crippen molar-refractivity contribution in [3.63, 3.8) is 0 Å². The maximum Gasteiger partial charge on any atom is 0.191 e. The van der Waals surface area contributed by atoms with Crippen LogP contribution < -0.4 is 10.6 Å². The number of hydrogen-bond acceptors (Lipinski definition) is 5. The molecular formula is C13H19N5OS. The van der Waals surface area contributed by atoms with Crippen LogP contribution in [-0.4, -0.2) is 29.7 Å². The van der Waals surface area contributed by atoms with Crippen molar-refractivity contribution in [2.75, 3.05) is 13.6 Å². The summed E-state index contributed by atoms with van der Waals surface area (Å²) in [5.41, 5.74) is 1.99. The molecule has 20 heavy (non-hydrogen) atoms. The van der Waals surface area contributed by atoms with E-state index < -0.39 is 0 Å². The number of guanidine groups is 1. The number of hydrogen-bond donors (Lipinski definition) is 2. The van der Waals surface area contributed by atoms with Gasteiger partial charge in [0.25, 0.3) is 0 Å². The van der Waals surface area contributed by atoms with Crippen molar-refractivity contribution < 1.29 is 4.52 Å². The number of nitrogens with one attached hydrogen (secondary N) is 2. The molecule has 2 N–H and O–H groups in total. The first-order valence-corrected chi connectivity index (χ1v) is 7.33. The van der Waals surface area contributed by atoms with E-state index in [1.54, 1.807) is 18.4 Å². The summed E-state index contributed by atoms with van der Waals surface area (Å²) in [7, 11) is 1.76. The van der Waals surface area contributed by atoms with E-state index >= 15 is 0 Å². The number of rotatable bonds is 5. The van der Waals surface area contributed by atoms with Crippen LogP contribution in [0.25, 0.3) is 0 Å². The van der Waals surface area contributed by atoms with Gasteiger partial charge in [0.05, 0.1) is 10.7 Å². The monoisotopic (exact) mass is 293 g/mol. The average Bonchev–Trinajstić information content (AvgIpc) is 3.06. The lowest BCUT2D eigenvalue weighted by molar-refractivity contribution is 0.392. The smallest absolute Gasteiger partial charge is 0.191 e. The summed E-state index contributed by atoms with van der Waals surface area (Å²) in [6, 6.07) is 0. The van der Waals surface area contributed by atoms with E-state index in [9.17, 15) is 0 Å². The van der Waals surface area contributed by atoms with Crippen molar-refractivity contribution in [1.82, 2.24) is 20.8 Å². The Balaban J connectivity index is 1.78. The number of thiazole rings is 1. The molecule has 0 radical (unpaired) electrons. The van der Waals surface area contributed by atoms with E-state index in [0.717, 1.165) is 41.0 Å². The second-order valence-electron chi connectivity index (χ2n) is 4.33. The maximum absolute atomic E-state index is 5.13. The van der Waals surface area contributed by atoms with Crippen LogP contribution >= 0.6 is 11.3 Å². The van der Waals surface area contributed by atoms with Crippen molar-refractivity contribution in [1.29, 1.82) is 0 Å². The maximum atomic E-state index is 5.13. The van der Waals surface area contributed by atoms with Gasteiger partial charge in [-0.3, -0.25) is 4.99 Å². The Bertz CT molecular complexity index is 542. The lowest BCUT2D eigenvalue weighted by atomic mass is 10.2. The van der Waals surface area contributed by atoms with E-state index in [1.807, 2.05) is 25.4 Å². The van der Waals surface area contributed by atoms with Crippen molar-refractivity contribution in [2.24, 2.45) is 4.99 Å². The molecule has 0 spiro atoms. The van der Waals surface area contributed by atoms with E-state index in [2.05, 4.69) is 25.8 Å². The van der Waals surface area contributed by atoms with E-state index in [4.69, 9.17) is 4.52 Å². The van der Waals surface area contributed by atoms with Gasteiger partial charge in [-0.15, -0.1) is 11.3 Å². The molecule has 0 aliphatic heterocycles. The quantitative estimate of drug-likeness (QED) is 0.647.